The van der Waals surface area contributed by atoms with Gasteiger partial charge in [0.25, 0.3) is 5.91 Å². The Kier molecular flexibility index (Phi) is 9.02. The Hall–Kier alpha value is -3.41. The van der Waals surface area contributed by atoms with Crippen molar-refractivity contribution in [1.82, 2.24) is 10.3 Å². The van der Waals surface area contributed by atoms with Crippen molar-refractivity contribution in [3.8, 4) is 5.88 Å². The molecule has 180 valence electrons. The van der Waals surface area contributed by atoms with Gasteiger partial charge in [-0.1, -0.05) is 55.7 Å². The minimum absolute atomic E-state index is 0.117. The molecule has 34 heavy (non-hydrogen) atoms. The molecule has 0 spiro atoms. The molecule has 1 fully saturated rings. The second kappa shape index (κ2) is 12.2. The predicted octanol–water partition coefficient (Wildman–Crippen LogP) is 5.14. The topological polar surface area (TPSA) is 71.5 Å². The SMILES string of the molecule is C=CC(=C(C)C)C(C(=O)NC1CCCCC1)N(C(=O)COc1ccccn1)c1cccc(C)c1. The fourth-order valence-electron chi connectivity index (χ4n) is 4.37. The smallest absolute Gasteiger partial charge is 0.265 e. The van der Waals surface area contributed by atoms with Gasteiger partial charge in [0.15, 0.2) is 6.61 Å². The van der Waals surface area contributed by atoms with Gasteiger partial charge in [-0.3, -0.25) is 14.5 Å². The summed E-state index contributed by atoms with van der Waals surface area (Å²) in [7, 11) is 0. The molecule has 1 unspecified atom stereocenters. The molecule has 1 N–H and O–H groups in total. The van der Waals surface area contributed by atoms with E-state index in [-0.39, 0.29) is 24.5 Å². The number of carbonyl (C=O) groups is 2. The number of nitrogens with one attached hydrogen (secondary N) is 1. The largest absolute Gasteiger partial charge is 0.468 e. The molecule has 1 aromatic carbocycles. The maximum absolute atomic E-state index is 13.8. The van der Waals surface area contributed by atoms with Gasteiger partial charge in [0.2, 0.25) is 11.8 Å². The number of rotatable bonds is 9. The predicted molar refractivity (Wildman–Crippen MR) is 136 cm³/mol. The molecule has 3 rings (SSSR count). The van der Waals surface area contributed by atoms with Crippen LogP contribution in [0.3, 0.4) is 0 Å². The highest BCUT2D eigenvalue weighted by atomic mass is 16.5. The Bertz CT molecular complexity index is 1020. The van der Waals surface area contributed by atoms with Crippen molar-refractivity contribution in [2.75, 3.05) is 11.5 Å². The average molecular weight is 462 g/mol. The number of allylic oxidation sites excluding steroid dienone is 1. The van der Waals surface area contributed by atoms with Crippen molar-refractivity contribution in [3.63, 3.8) is 0 Å². The molecule has 1 atom stereocenters. The zero-order valence-corrected chi connectivity index (χ0v) is 20.4. The molecule has 1 aliphatic carbocycles. The standard InChI is InChI=1S/C28H35N3O3/c1-5-24(20(2)3)27(28(33)30-22-13-7-6-8-14-22)31(23-15-11-12-21(4)18-23)26(32)19-34-25-16-9-10-17-29-25/h5,9-12,15-18,22,27H,1,6-8,13-14,19H2,2-4H3,(H,30,33). The molecule has 1 aliphatic rings. The van der Waals surface area contributed by atoms with Gasteiger partial charge in [0.1, 0.15) is 6.04 Å². The van der Waals surface area contributed by atoms with E-state index in [2.05, 4.69) is 16.9 Å². The molecule has 2 aromatic rings. The fourth-order valence-corrected chi connectivity index (χ4v) is 4.37. The molecule has 1 aromatic heterocycles. The summed E-state index contributed by atoms with van der Waals surface area (Å²) < 4.78 is 5.68. The second-order valence-corrected chi connectivity index (χ2v) is 8.96. The van der Waals surface area contributed by atoms with Crippen molar-refractivity contribution in [1.29, 1.82) is 0 Å². The number of pyridine rings is 1. The summed E-state index contributed by atoms with van der Waals surface area (Å²) in [6, 6.07) is 12.1. The van der Waals surface area contributed by atoms with Crippen molar-refractivity contribution < 1.29 is 14.3 Å². The van der Waals surface area contributed by atoms with E-state index in [4.69, 9.17) is 4.74 Å². The van der Waals surface area contributed by atoms with Crippen LogP contribution in [0.25, 0.3) is 0 Å². The van der Waals surface area contributed by atoms with Crippen molar-refractivity contribution >= 4 is 17.5 Å². The van der Waals surface area contributed by atoms with Gasteiger partial charge in [-0.25, -0.2) is 4.98 Å². The Balaban J connectivity index is 1.99. The first-order chi connectivity index (χ1) is 16.4. The van der Waals surface area contributed by atoms with Gasteiger partial charge < -0.3 is 10.1 Å². The van der Waals surface area contributed by atoms with Gasteiger partial charge in [-0.15, -0.1) is 0 Å². The fraction of sp³-hybridized carbons (Fsp3) is 0.393. The molecule has 1 saturated carbocycles. The van der Waals surface area contributed by atoms with Crippen LogP contribution in [0.1, 0.15) is 51.5 Å². The number of hydrogen-bond acceptors (Lipinski definition) is 4. The maximum Gasteiger partial charge on any atom is 0.265 e. The van der Waals surface area contributed by atoms with Crippen LogP contribution in [0.15, 0.2) is 72.5 Å². The molecule has 0 aliphatic heterocycles. The van der Waals surface area contributed by atoms with Crippen LogP contribution in [0.2, 0.25) is 0 Å². The summed E-state index contributed by atoms with van der Waals surface area (Å²) in [6.07, 6.45) is 8.60. The van der Waals surface area contributed by atoms with Gasteiger partial charge >= 0.3 is 0 Å². The lowest BCUT2D eigenvalue weighted by molar-refractivity contribution is -0.127. The number of amides is 2. The van der Waals surface area contributed by atoms with E-state index >= 15 is 0 Å². The summed E-state index contributed by atoms with van der Waals surface area (Å²) >= 11 is 0. The van der Waals surface area contributed by atoms with Crippen LogP contribution in [0, 0.1) is 6.92 Å². The van der Waals surface area contributed by atoms with Gasteiger partial charge in [0, 0.05) is 24.0 Å². The number of nitrogens with zero attached hydrogens (tertiary/aromatic N) is 2. The lowest BCUT2D eigenvalue weighted by atomic mass is 9.93. The lowest BCUT2D eigenvalue weighted by Crippen LogP contribution is -2.54. The summed E-state index contributed by atoms with van der Waals surface area (Å²) in [5.41, 5.74) is 3.26. The molecule has 0 bridgehead atoms. The van der Waals surface area contributed by atoms with Crippen LogP contribution in [0.5, 0.6) is 5.88 Å². The lowest BCUT2D eigenvalue weighted by Gasteiger charge is -2.34. The Morgan fingerprint density at radius 2 is 1.94 bits per heavy atom. The molecular weight excluding hydrogens is 426 g/mol. The third-order valence-corrected chi connectivity index (χ3v) is 6.08. The first kappa shape index (κ1) is 25.2. The first-order valence-electron chi connectivity index (χ1n) is 11.9. The van der Waals surface area contributed by atoms with Gasteiger partial charge in [-0.2, -0.15) is 0 Å². The van der Waals surface area contributed by atoms with E-state index in [1.54, 1.807) is 30.5 Å². The number of anilines is 1. The van der Waals surface area contributed by atoms with E-state index in [9.17, 15) is 9.59 Å². The van der Waals surface area contributed by atoms with Gasteiger partial charge in [-0.05, 0) is 62.9 Å². The van der Waals surface area contributed by atoms with Crippen LogP contribution in [-0.4, -0.2) is 35.5 Å². The highest BCUT2D eigenvalue weighted by Crippen LogP contribution is 2.26. The molecule has 6 nitrogen and oxygen atoms in total. The maximum atomic E-state index is 13.8. The average Bonchev–Trinajstić information content (AvgIpc) is 2.83. The summed E-state index contributed by atoms with van der Waals surface area (Å²) in [6.45, 7) is 9.54. The minimum Gasteiger partial charge on any atom is -0.468 e. The second-order valence-electron chi connectivity index (χ2n) is 8.96. The zero-order chi connectivity index (χ0) is 24.5. The van der Waals surface area contributed by atoms with Gasteiger partial charge in [0.05, 0.1) is 0 Å². The van der Waals surface area contributed by atoms with Crippen LogP contribution >= 0.6 is 0 Å². The number of hydrogen-bond donors (Lipinski definition) is 1. The van der Waals surface area contributed by atoms with Crippen LogP contribution in [-0.2, 0) is 9.59 Å². The van der Waals surface area contributed by atoms with E-state index in [1.807, 2.05) is 45.0 Å². The van der Waals surface area contributed by atoms with E-state index < -0.39 is 6.04 Å². The van der Waals surface area contributed by atoms with Crippen molar-refractivity contribution in [2.24, 2.45) is 0 Å². The van der Waals surface area contributed by atoms with Crippen molar-refractivity contribution in [2.45, 2.75) is 65.0 Å². The third-order valence-electron chi connectivity index (χ3n) is 6.08. The molecular formula is C28H35N3O3. The number of benzene rings is 1. The van der Waals surface area contributed by atoms with E-state index in [0.717, 1.165) is 36.8 Å². The zero-order valence-electron chi connectivity index (χ0n) is 20.4. The Morgan fingerprint density at radius 3 is 2.56 bits per heavy atom. The minimum atomic E-state index is -0.856. The molecule has 0 saturated heterocycles. The van der Waals surface area contributed by atoms with E-state index in [1.165, 1.54) is 11.3 Å². The molecule has 1 heterocycles. The summed E-state index contributed by atoms with van der Waals surface area (Å²) in [5.74, 6) is -0.175. The number of aryl methyl sites for hydroxylation is 1. The monoisotopic (exact) mass is 461 g/mol. The number of carbonyl (C=O) groups excluding carboxylic acids is 2. The van der Waals surface area contributed by atoms with Crippen LogP contribution in [0.4, 0.5) is 5.69 Å². The van der Waals surface area contributed by atoms with E-state index in [0.29, 0.717) is 17.1 Å². The highest BCUT2D eigenvalue weighted by Gasteiger charge is 2.35. The molecule has 6 heteroatoms. The summed E-state index contributed by atoms with van der Waals surface area (Å²) in [4.78, 5) is 33.1. The third kappa shape index (κ3) is 6.56. The molecule has 0 radical (unpaired) electrons. The van der Waals surface area contributed by atoms with Crippen LogP contribution < -0.4 is 15.0 Å². The van der Waals surface area contributed by atoms with Crippen molar-refractivity contribution in [3.05, 3.63) is 78.0 Å². The summed E-state index contributed by atoms with van der Waals surface area (Å²) in [5, 5.41) is 3.21. The number of ether oxygens (including phenoxy) is 1. The quantitative estimate of drug-likeness (QED) is 0.525. The highest BCUT2D eigenvalue weighted by molar-refractivity contribution is 6.03. The normalized spacial score (nSPS) is 14.6. The Labute approximate surface area is 202 Å². The molecule has 2 amide bonds. The number of aromatic nitrogens is 1. The first-order valence-corrected chi connectivity index (χ1v) is 11.9. The Morgan fingerprint density at radius 1 is 1.18 bits per heavy atom.